The fourth-order valence-corrected chi connectivity index (χ4v) is 4.48. The van der Waals surface area contributed by atoms with Crippen molar-refractivity contribution in [2.75, 3.05) is 19.0 Å². The Kier molecular flexibility index (Phi) is 7.22. The van der Waals surface area contributed by atoms with E-state index in [4.69, 9.17) is 9.47 Å². The van der Waals surface area contributed by atoms with Crippen LogP contribution in [0, 0.1) is 0 Å². The van der Waals surface area contributed by atoms with Gasteiger partial charge in [-0.3, -0.25) is 14.4 Å². The van der Waals surface area contributed by atoms with Crippen LogP contribution in [0.15, 0.2) is 47.8 Å². The van der Waals surface area contributed by atoms with E-state index in [1.165, 1.54) is 18.3 Å². The Balaban J connectivity index is 1.37. The van der Waals surface area contributed by atoms with E-state index < -0.39 is 0 Å². The minimum absolute atomic E-state index is 0.0638. The molecule has 0 fully saturated rings. The van der Waals surface area contributed by atoms with E-state index in [1.807, 2.05) is 23.6 Å². The fourth-order valence-electron chi connectivity index (χ4n) is 3.74. The van der Waals surface area contributed by atoms with Crippen LogP contribution in [-0.2, 0) is 9.59 Å². The molecule has 2 amide bonds. The van der Waals surface area contributed by atoms with Gasteiger partial charge in [-0.25, -0.2) is 4.98 Å². The predicted octanol–water partition coefficient (Wildman–Crippen LogP) is 4.38. The number of thiazole rings is 1. The molecule has 34 heavy (non-hydrogen) atoms. The molecule has 1 aromatic heterocycles. The van der Waals surface area contributed by atoms with Gasteiger partial charge in [-0.1, -0.05) is 0 Å². The normalized spacial score (nSPS) is 14.5. The van der Waals surface area contributed by atoms with Gasteiger partial charge in [0.2, 0.25) is 11.8 Å². The second-order valence-electron chi connectivity index (χ2n) is 7.88. The van der Waals surface area contributed by atoms with E-state index in [0.717, 1.165) is 16.9 Å². The summed E-state index contributed by atoms with van der Waals surface area (Å²) < 4.78 is 10.8. The number of carbonyl (C=O) groups is 3. The van der Waals surface area contributed by atoms with Gasteiger partial charge in [0.15, 0.2) is 10.9 Å². The lowest BCUT2D eigenvalue weighted by molar-refractivity contribution is -0.120. The van der Waals surface area contributed by atoms with Crippen LogP contribution >= 0.6 is 11.3 Å². The number of fused-ring (bicyclic) bond motifs is 1. The molecule has 4 rings (SSSR count). The van der Waals surface area contributed by atoms with E-state index in [0.29, 0.717) is 35.2 Å². The molecule has 1 aliphatic heterocycles. The average molecular weight is 480 g/mol. The first-order chi connectivity index (χ1) is 16.4. The summed E-state index contributed by atoms with van der Waals surface area (Å²) in [5.41, 5.74) is 3.03. The minimum Gasteiger partial charge on any atom is -0.497 e. The van der Waals surface area contributed by atoms with Crippen LogP contribution in [0.2, 0.25) is 0 Å². The molecule has 8 nitrogen and oxygen atoms in total. The van der Waals surface area contributed by atoms with Gasteiger partial charge in [0.25, 0.3) is 0 Å². The number of nitrogens with zero attached hydrogens (tertiary/aromatic N) is 1. The van der Waals surface area contributed by atoms with E-state index >= 15 is 0 Å². The molecule has 0 saturated carbocycles. The van der Waals surface area contributed by atoms with Gasteiger partial charge in [-0.05, 0) is 42.5 Å². The molecule has 2 heterocycles. The minimum atomic E-state index is -0.271. The number of ketones is 1. The molecular formula is C25H25N3O5S. The highest BCUT2D eigenvalue weighted by molar-refractivity contribution is 7.14. The van der Waals surface area contributed by atoms with Crippen molar-refractivity contribution in [1.29, 1.82) is 0 Å². The number of Topliss-reactive ketones (excluding diaryl/α,β-unsaturated/α-hetero) is 1. The Morgan fingerprint density at radius 3 is 2.68 bits per heavy atom. The molecule has 9 heteroatoms. The summed E-state index contributed by atoms with van der Waals surface area (Å²) in [5, 5.41) is 8.05. The van der Waals surface area contributed by atoms with Crippen molar-refractivity contribution in [2.45, 2.75) is 32.2 Å². The third kappa shape index (κ3) is 5.60. The zero-order valence-corrected chi connectivity index (χ0v) is 19.7. The second kappa shape index (κ2) is 10.5. The van der Waals surface area contributed by atoms with Crippen LogP contribution < -0.4 is 20.1 Å². The molecule has 0 spiro atoms. The number of anilines is 1. The maximum Gasteiger partial charge on any atom is 0.226 e. The maximum absolute atomic E-state index is 12.4. The second-order valence-corrected chi connectivity index (χ2v) is 8.74. The topological polar surface area (TPSA) is 107 Å². The molecule has 3 aromatic rings. The van der Waals surface area contributed by atoms with E-state index in [-0.39, 0.29) is 36.5 Å². The molecule has 0 bridgehead atoms. The number of rotatable bonds is 8. The quantitative estimate of drug-likeness (QED) is 0.465. The monoisotopic (exact) mass is 479 g/mol. The Morgan fingerprint density at radius 2 is 1.94 bits per heavy atom. The lowest BCUT2D eigenvalue weighted by Crippen LogP contribution is -2.30. The van der Waals surface area contributed by atoms with E-state index in [9.17, 15) is 14.4 Å². The molecule has 2 N–H and O–H groups in total. The van der Waals surface area contributed by atoms with Gasteiger partial charge in [0, 0.05) is 48.3 Å². The molecule has 0 aliphatic carbocycles. The number of nitrogens with one attached hydrogen (secondary N) is 2. The summed E-state index contributed by atoms with van der Waals surface area (Å²) >= 11 is 1.31. The number of hydrogen-bond donors (Lipinski definition) is 2. The molecule has 1 aliphatic rings. The van der Waals surface area contributed by atoms with Gasteiger partial charge in [-0.15, -0.1) is 11.3 Å². The maximum atomic E-state index is 12.4. The van der Waals surface area contributed by atoms with Crippen LogP contribution in [0.25, 0.3) is 11.3 Å². The number of ether oxygens (including phenoxy) is 2. The Labute approximate surface area is 201 Å². The lowest BCUT2D eigenvalue weighted by atomic mass is 9.97. The SMILES string of the molecule is COc1ccc(C(=O)CCC(=O)Nc2nc(-c3ccc4c(c3)C(NC(C)=O)CCO4)cs2)cc1. The summed E-state index contributed by atoms with van der Waals surface area (Å²) in [7, 11) is 1.56. The fraction of sp³-hybridized carbons (Fsp3) is 0.280. The number of methoxy groups -OCH3 is 1. The van der Waals surface area contributed by atoms with Crippen LogP contribution in [0.4, 0.5) is 5.13 Å². The highest BCUT2D eigenvalue weighted by Gasteiger charge is 2.23. The van der Waals surface area contributed by atoms with Crippen LogP contribution in [-0.4, -0.2) is 36.3 Å². The molecular weight excluding hydrogens is 454 g/mol. The number of carbonyl (C=O) groups excluding carboxylic acids is 3. The van der Waals surface area contributed by atoms with Gasteiger partial charge in [-0.2, -0.15) is 0 Å². The summed E-state index contributed by atoms with van der Waals surface area (Å²) in [6.07, 6.45) is 0.865. The molecule has 0 radical (unpaired) electrons. The van der Waals surface area contributed by atoms with Crippen molar-refractivity contribution in [2.24, 2.45) is 0 Å². The smallest absolute Gasteiger partial charge is 0.226 e. The third-order valence-corrected chi connectivity index (χ3v) is 6.22. The average Bonchev–Trinajstić information content (AvgIpc) is 3.30. The number of amides is 2. The summed E-state index contributed by atoms with van der Waals surface area (Å²) in [4.78, 5) is 40.8. The first-order valence-electron chi connectivity index (χ1n) is 10.9. The molecule has 0 saturated heterocycles. The molecule has 2 aromatic carbocycles. The van der Waals surface area contributed by atoms with Crippen LogP contribution in [0.5, 0.6) is 11.5 Å². The van der Waals surface area contributed by atoms with E-state index in [2.05, 4.69) is 15.6 Å². The molecule has 1 unspecified atom stereocenters. The Bertz CT molecular complexity index is 1210. The molecule has 176 valence electrons. The largest absolute Gasteiger partial charge is 0.497 e. The van der Waals surface area contributed by atoms with Crippen LogP contribution in [0.1, 0.15) is 48.1 Å². The zero-order valence-electron chi connectivity index (χ0n) is 18.9. The van der Waals surface area contributed by atoms with Gasteiger partial charge in [0.1, 0.15) is 11.5 Å². The van der Waals surface area contributed by atoms with Crippen molar-refractivity contribution in [1.82, 2.24) is 10.3 Å². The van der Waals surface area contributed by atoms with Gasteiger partial charge < -0.3 is 20.1 Å². The summed E-state index contributed by atoms with van der Waals surface area (Å²) in [6.45, 7) is 2.05. The Hall–Kier alpha value is -3.72. The first kappa shape index (κ1) is 23.4. The van der Waals surface area contributed by atoms with Crippen molar-refractivity contribution in [3.05, 3.63) is 59.0 Å². The van der Waals surface area contributed by atoms with Crippen molar-refractivity contribution in [3.8, 4) is 22.8 Å². The van der Waals surface area contributed by atoms with Crippen molar-refractivity contribution >= 4 is 34.1 Å². The third-order valence-electron chi connectivity index (χ3n) is 5.46. The number of hydrogen-bond acceptors (Lipinski definition) is 7. The molecule has 1 atom stereocenters. The highest BCUT2D eigenvalue weighted by atomic mass is 32.1. The van der Waals surface area contributed by atoms with Crippen molar-refractivity contribution in [3.63, 3.8) is 0 Å². The highest BCUT2D eigenvalue weighted by Crippen LogP contribution is 2.36. The number of benzene rings is 2. The number of aromatic nitrogens is 1. The summed E-state index contributed by atoms with van der Waals surface area (Å²) in [6, 6.07) is 12.4. The predicted molar refractivity (Wildman–Crippen MR) is 129 cm³/mol. The van der Waals surface area contributed by atoms with Crippen LogP contribution in [0.3, 0.4) is 0 Å². The lowest BCUT2D eigenvalue weighted by Gasteiger charge is -2.26. The van der Waals surface area contributed by atoms with E-state index in [1.54, 1.807) is 31.4 Å². The van der Waals surface area contributed by atoms with Gasteiger partial charge in [0.05, 0.1) is 25.5 Å². The van der Waals surface area contributed by atoms with Gasteiger partial charge >= 0.3 is 0 Å². The summed E-state index contributed by atoms with van der Waals surface area (Å²) in [5.74, 6) is 0.951. The van der Waals surface area contributed by atoms with Crippen molar-refractivity contribution < 1.29 is 23.9 Å². The zero-order chi connectivity index (χ0) is 24.1. The Morgan fingerprint density at radius 1 is 1.15 bits per heavy atom. The first-order valence-corrected chi connectivity index (χ1v) is 11.8. The standard InChI is InChI=1S/C25H25N3O5S/c1-15(29)26-20-11-12-33-23-9-5-17(13-19(20)23)21-14-34-25(27-21)28-24(31)10-8-22(30)16-3-6-18(32-2)7-4-16/h3-7,9,13-14,20H,8,10-12H2,1-2H3,(H,26,29)(H,27,28,31).